The second kappa shape index (κ2) is 34.4. The summed E-state index contributed by atoms with van der Waals surface area (Å²) in [6.45, 7) is 1.58. The maximum Gasteiger partial charge on any atom is 0.157 e. The summed E-state index contributed by atoms with van der Waals surface area (Å²) < 4.78 is 11.0. The van der Waals surface area contributed by atoms with Crippen molar-refractivity contribution < 1.29 is 9.47 Å². The molecule has 0 unspecified atom stereocenters. The molecule has 41 heavy (non-hydrogen) atoms. The fourth-order valence-electron chi connectivity index (χ4n) is 5.86. The maximum atomic E-state index is 5.49. The van der Waals surface area contributed by atoms with E-state index in [1.807, 2.05) is 0 Å². The van der Waals surface area contributed by atoms with Crippen LogP contribution in [0.4, 0.5) is 0 Å². The first-order chi connectivity index (χ1) is 20.4. The molecule has 1 saturated heterocycles. The molecule has 0 aromatic carbocycles. The molecule has 0 spiro atoms. The minimum absolute atomic E-state index is 0.101. The predicted molar refractivity (Wildman–Crippen MR) is 186 cm³/mol. The van der Waals surface area contributed by atoms with Crippen LogP contribution in [-0.4, -0.2) is 24.8 Å². The fraction of sp³-hybridized carbons (Fsp3) is 0.895. The van der Waals surface area contributed by atoms with E-state index in [9.17, 15) is 0 Å². The second-order valence-electron chi connectivity index (χ2n) is 12.6. The number of ether oxygens (including phenoxy) is 2. The van der Waals surface area contributed by atoms with E-state index in [4.69, 9.17) is 9.47 Å². The van der Waals surface area contributed by atoms with Gasteiger partial charge in [-0.25, -0.2) is 0 Å². The van der Waals surface area contributed by atoms with Crippen molar-refractivity contribution in [3.63, 3.8) is 0 Å². The molecule has 0 aromatic rings. The van der Waals surface area contributed by atoms with E-state index in [0.717, 1.165) is 19.6 Å². The molecule has 242 valence electrons. The molecule has 1 rings (SSSR count). The molecule has 0 atom stereocenters. The zero-order valence-electron chi connectivity index (χ0n) is 27.4. The van der Waals surface area contributed by atoms with Gasteiger partial charge in [0.15, 0.2) is 6.29 Å². The van der Waals surface area contributed by atoms with E-state index < -0.39 is 0 Å². The van der Waals surface area contributed by atoms with Crippen LogP contribution in [-0.2, 0) is 9.47 Å². The van der Waals surface area contributed by atoms with E-state index >= 15 is 0 Å². The molecular formula is C38H71BrO2. The largest absolute Gasteiger partial charge is 0.350 e. The first-order valence-electron chi connectivity index (χ1n) is 18.5. The number of rotatable bonds is 33. The molecule has 0 saturated carbocycles. The van der Waals surface area contributed by atoms with Crippen molar-refractivity contribution in [3.05, 3.63) is 24.3 Å². The summed E-state index contributed by atoms with van der Waals surface area (Å²) in [5.41, 5.74) is 0. The molecule has 1 fully saturated rings. The summed E-state index contributed by atoms with van der Waals surface area (Å²) in [6.07, 6.45) is 51.3. The summed E-state index contributed by atoms with van der Waals surface area (Å²) in [7, 11) is 0. The third-order valence-corrected chi connectivity index (χ3v) is 9.14. The highest BCUT2D eigenvalue weighted by Crippen LogP contribution is 2.16. The predicted octanol–water partition coefficient (Wildman–Crippen LogP) is 13.6. The van der Waals surface area contributed by atoms with Crippen LogP contribution in [0.5, 0.6) is 0 Å². The average Bonchev–Trinajstić information content (AvgIpc) is 3.51. The zero-order valence-corrected chi connectivity index (χ0v) is 29.0. The van der Waals surface area contributed by atoms with Crippen molar-refractivity contribution in [1.82, 2.24) is 0 Å². The Labute approximate surface area is 266 Å². The summed E-state index contributed by atoms with van der Waals surface area (Å²) >= 11 is 3.52. The highest BCUT2D eigenvalue weighted by Gasteiger charge is 2.14. The van der Waals surface area contributed by atoms with E-state index in [1.165, 1.54) is 192 Å². The normalized spacial score (nSPS) is 14.4. The van der Waals surface area contributed by atoms with Crippen LogP contribution in [0.1, 0.15) is 193 Å². The van der Waals surface area contributed by atoms with Crippen molar-refractivity contribution in [1.29, 1.82) is 0 Å². The number of hydrogen-bond donors (Lipinski definition) is 0. The van der Waals surface area contributed by atoms with Crippen molar-refractivity contribution in [2.45, 2.75) is 199 Å². The van der Waals surface area contributed by atoms with Crippen molar-refractivity contribution >= 4 is 15.9 Å². The topological polar surface area (TPSA) is 18.5 Å². The molecule has 1 heterocycles. The highest BCUT2D eigenvalue weighted by atomic mass is 79.9. The molecule has 0 radical (unpaired) electrons. The van der Waals surface area contributed by atoms with Crippen LogP contribution in [0.2, 0.25) is 0 Å². The molecular weight excluding hydrogens is 568 g/mol. The first kappa shape index (κ1) is 38.9. The zero-order chi connectivity index (χ0) is 29.2. The van der Waals surface area contributed by atoms with Gasteiger partial charge in [0.25, 0.3) is 0 Å². The summed E-state index contributed by atoms with van der Waals surface area (Å²) in [5.74, 6) is 0. The Morgan fingerprint density at radius 2 is 0.634 bits per heavy atom. The third-order valence-electron chi connectivity index (χ3n) is 8.58. The van der Waals surface area contributed by atoms with Gasteiger partial charge in [-0.15, -0.1) is 0 Å². The number of allylic oxidation sites excluding steroid dienone is 4. The van der Waals surface area contributed by atoms with Crippen LogP contribution in [0.25, 0.3) is 0 Å². The lowest BCUT2D eigenvalue weighted by Crippen LogP contribution is -2.06. The van der Waals surface area contributed by atoms with Crippen LogP contribution in [0.3, 0.4) is 0 Å². The highest BCUT2D eigenvalue weighted by molar-refractivity contribution is 9.09. The molecule has 2 nitrogen and oxygen atoms in total. The van der Waals surface area contributed by atoms with Crippen LogP contribution in [0.15, 0.2) is 24.3 Å². The number of hydrogen-bond acceptors (Lipinski definition) is 2. The molecule has 0 N–H and O–H groups in total. The van der Waals surface area contributed by atoms with Crippen molar-refractivity contribution in [3.8, 4) is 0 Å². The van der Waals surface area contributed by atoms with Crippen molar-refractivity contribution in [2.24, 2.45) is 0 Å². The van der Waals surface area contributed by atoms with Crippen LogP contribution < -0.4 is 0 Å². The Kier molecular flexibility index (Phi) is 32.6. The number of alkyl halides is 1. The Hall–Kier alpha value is -0.120. The third kappa shape index (κ3) is 31.1. The standard InChI is InChI=1S/C38H71BrO2/c39-35-33-31-29-27-25-23-21-19-17-15-13-11-9-7-5-3-1-2-4-6-8-10-12-14-16-18-20-22-24-26-28-30-32-34-38-40-36-37-41-38/h11-14,38H,1-10,15-37H2/b13-11+,14-12+. The molecule has 1 aliphatic heterocycles. The summed E-state index contributed by atoms with van der Waals surface area (Å²) in [4.78, 5) is 0. The lowest BCUT2D eigenvalue weighted by Gasteiger charge is -2.08. The minimum Gasteiger partial charge on any atom is -0.350 e. The molecule has 0 aromatic heterocycles. The van der Waals surface area contributed by atoms with Crippen molar-refractivity contribution in [2.75, 3.05) is 18.5 Å². The van der Waals surface area contributed by atoms with Gasteiger partial charge in [-0.2, -0.15) is 0 Å². The molecule has 0 aliphatic carbocycles. The van der Waals surface area contributed by atoms with Gasteiger partial charge in [-0.3, -0.25) is 0 Å². The lowest BCUT2D eigenvalue weighted by atomic mass is 10.0. The molecule has 0 bridgehead atoms. The Morgan fingerprint density at radius 3 is 0.951 bits per heavy atom. The Morgan fingerprint density at radius 1 is 0.366 bits per heavy atom. The van der Waals surface area contributed by atoms with Gasteiger partial charge in [0, 0.05) is 5.33 Å². The first-order valence-corrected chi connectivity index (χ1v) is 19.6. The van der Waals surface area contributed by atoms with E-state index in [2.05, 4.69) is 40.2 Å². The summed E-state index contributed by atoms with van der Waals surface area (Å²) in [6, 6.07) is 0. The SMILES string of the molecule is BrCCCCCCCCCCC/C=C/CCCCCCCCCC/C=C/CCCCCCCCCCC1OCCO1. The minimum atomic E-state index is 0.101. The monoisotopic (exact) mass is 638 g/mol. The van der Waals surface area contributed by atoms with E-state index in [0.29, 0.717) is 0 Å². The van der Waals surface area contributed by atoms with E-state index in [1.54, 1.807) is 0 Å². The Balaban J connectivity index is 1.65. The van der Waals surface area contributed by atoms with Gasteiger partial charge in [0.2, 0.25) is 0 Å². The number of halogens is 1. The molecule has 0 amide bonds. The fourth-order valence-corrected chi connectivity index (χ4v) is 6.25. The van der Waals surface area contributed by atoms with Crippen LogP contribution >= 0.6 is 15.9 Å². The molecule has 1 aliphatic rings. The van der Waals surface area contributed by atoms with Gasteiger partial charge < -0.3 is 9.47 Å². The summed E-state index contributed by atoms with van der Waals surface area (Å²) in [5, 5.41) is 1.18. The quantitative estimate of drug-likeness (QED) is 0.0404. The smallest absolute Gasteiger partial charge is 0.157 e. The second-order valence-corrected chi connectivity index (χ2v) is 13.4. The van der Waals surface area contributed by atoms with E-state index in [-0.39, 0.29) is 6.29 Å². The lowest BCUT2D eigenvalue weighted by molar-refractivity contribution is -0.0480. The van der Waals surface area contributed by atoms with Crippen LogP contribution in [0, 0.1) is 0 Å². The maximum absolute atomic E-state index is 5.49. The van der Waals surface area contributed by atoms with Gasteiger partial charge in [0.1, 0.15) is 0 Å². The molecule has 3 heteroatoms. The van der Waals surface area contributed by atoms with Gasteiger partial charge in [-0.1, -0.05) is 162 Å². The van der Waals surface area contributed by atoms with Gasteiger partial charge >= 0.3 is 0 Å². The average molecular weight is 640 g/mol. The Bertz CT molecular complexity index is 540. The number of unbranched alkanes of at least 4 members (excludes halogenated alkanes) is 26. The van der Waals surface area contributed by atoms with Gasteiger partial charge in [0.05, 0.1) is 13.2 Å². The van der Waals surface area contributed by atoms with Gasteiger partial charge in [-0.05, 0) is 70.6 Å².